The average molecular weight is 453 g/mol. The van der Waals surface area contributed by atoms with Crippen LogP contribution in [0.1, 0.15) is 56.8 Å². The number of carboxylic acid groups (broad SMARTS) is 1. The highest BCUT2D eigenvalue weighted by atomic mass is 16.4. The third-order valence-corrected chi connectivity index (χ3v) is 7.10. The molecule has 1 fully saturated rings. The lowest BCUT2D eigenvalue weighted by atomic mass is 9.93. The van der Waals surface area contributed by atoms with Crippen LogP contribution in [0.15, 0.2) is 66.7 Å². The Morgan fingerprint density at radius 3 is 2.41 bits per heavy atom. The fraction of sp³-hybridized carbons (Fsp3) is 0.241. The quantitative estimate of drug-likeness (QED) is 0.379. The van der Waals surface area contributed by atoms with E-state index in [1.807, 2.05) is 42.5 Å². The molecular weight excluding hydrogens is 424 g/mol. The number of carbonyl (C=O) groups excluding carboxylic acids is 1. The molecule has 1 amide bonds. The second-order valence-electron chi connectivity index (χ2n) is 9.18. The summed E-state index contributed by atoms with van der Waals surface area (Å²) >= 11 is 0. The van der Waals surface area contributed by atoms with Gasteiger partial charge in [0.2, 0.25) is 0 Å². The zero-order chi connectivity index (χ0) is 23.8. The summed E-state index contributed by atoms with van der Waals surface area (Å²) < 4.78 is 2.28. The van der Waals surface area contributed by atoms with Crippen molar-refractivity contribution in [2.45, 2.75) is 45.7 Å². The van der Waals surface area contributed by atoms with E-state index < -0.39 is 5.97 Å². The second kappa shape index (κ2) is 8.82. The number of rotatable bonds is 6. The number of fused-ring (bicyclic) bond motifs is 1. The molecule has 1 aliphatic rings. The molecule has 5 heteroatoms. The molecule has 1 aromatic heterocycles. The molecular formula is C29H28N2O3. The molecule has 1 heterocycles. The van der Waals surface area contributed by atoms with E-state index in [1.165, 1.54) is 17.7 Å². The highest BCUT2D eigenvalue weighted by Crippen LogP contribution is 2.29. The molecule has 3 aromatic carbocycles. The van der Waals surface area contributed by atoms with Crippen molar-refractivity contribution in [3.63, 3.8) is 0 Å². The summed E-state index contributed by atoms with van der Waals surface area (Å²) in [6.07, 6.45) is 3.34. The van der Waals surface area contributed by atoms with E-state index in [0.717, 1.165) is 34.9 Å². The highest BCUT2D eigenvalue weighted by molar-refractivity contribution is 5.99. The number of benzene rings is 3. The molecule has 0 atom stereocenters. The fourth-order valence-electron chi connectivity index (χ4n) is 4.71. The number of hydrogen-bond acceptors (Lipinski definition) is 2. The number of aromatic carboxylic acids is 1. The minimum Gasteiger partial charge on any atom is -0.478 e. The van der Waals surface area contributed by atoms with Crippen LogP contribution >= 0.6 is 0 Å². The van der Waals surface area contributed by atoms with Crippen LogP contribution < -0.4 is 5.32 Å². The van der Waals surface area contributed by atoms with Gasteiger partial charge in [0.25, 0.3) is 5.91 Å². The van der Waals surface area contributed by atoms with Crippen molar-refractivity contribution in [3.05, 3.63) is 94.7 Å². The van der Waals surface area contributed by atoms with Crippen LogP contribution in [-0.4, -0.2) is 27.6 Å². The number of carbonyl (C=O) groups is 2. The summed E-state index contributed by atoms with van der Waals surface area (Å²) in [7, 11) is 0. The monoisotopic (exact) mass is 452 g/mol. The molecule has 1 aliphatic carbocycles. The predicted molar refractivity (Wildman–Crippen MR) is 134 cm³/mol. The zero-order valence-electron chi connectivity index (χ0n) is 19.5. The maximum atomic E-state index is 12.6. The molecule has 0 spiro atoms. The number of aromatic nitrogens is 1. The van der Waals surface area contributed by atoms with Crippen LogP contribution in [0.4, 0.5) is 0 Å². The summed E-state index contributed by atoms with van der Waals surface area (Å²) in [6.45, 7) is 4.92. The van der Waals surface area contributed by atoms with Gasteiger partial charge in [-0.3, -0.25) is 4.79 Å². The Labute approximate surface area is 199 Å². The first kappa shape index (κ1) is 22.0. The first-order valence-corrected chi connectivity index (χ1v) is 11.7. The SMILES string of the molecule is Cc1c(C)n(Cc2ccc(-c3ccccc3C(=O)O)cc2)c2ccc(C(=O)NC3CCC3)cc12. The minimum atomic E-state index is -0.926. The molecule has 0 aliphatic heterocycles. The van der Waals surface area contributed by atoms with Crippen molar-refractivity contribution in [2.24, 2.45) is 0 Å². The Morgan fingerprint density at radius 2 is 1.74 bits per heavy atom. The van der Waals surface area contributed by atoms with Gasteiger partial charge in [-0.15, -0.1) is 0 Å². The zero-order valence-corrected chi connectivity index (χ0v) is 19.5. The largest absolute Gasteiger partial charge is 0.478 e. The van der Waals surface area contributed by atoms with Gasteiger partial charge >= 0.3 is 5.97 Å². The molecule has 0 radical (unpaired) electrons. The summed E-state index contributed by atoms with van der Waals surface area (Å²) in [5.41, 5.74) is 7.20. The van der Waals surface area contributed by atoms with E-state index >= 15 is 0 Å². The molecule has 1 saturated carbocycles. The van der Waals surface area contributed by atoms with Gasteiger partial charge < -0.3 is 15.0 Å². The van der Waals surface area contributed by atoms with E-state index in [0.29, 0.717) is 29.3 Å². The average Bonchev–Trinajstić information content (AvgIpc) is 3.06. The Hall–Kier alpha value is -3.86. The Kier molecular flexibility index (Phi) is 5.70. The van der Waals surface area contributed by atoms with Gasteiger partial charge in [-0.2, -0.15) is 0 Å². The normalized spacial score (nSPS) is 13.6. The molecule has 34 heavy (non-hydrogen) atoms. The Bertz CT molecular complexity index is 1400. The third kappa shape index (κ3) is 3.98. The molecule has 172 valence electrons. The van der Waals surface area contributed by atoms with E-state index in [4.69, 9.17) is 0 Å². The van der Waals surface area contributed by atoms with Gasteiger partial charge in [0.15, 0.2) is 0 Å². The van der Waals surface area contributed by atoms with Crippen molar-refractivity contribution in [2.75, 3.05) is 0 Å². The molecule has 0 saturated heterocycles. The smallest absolute Gasteiger partial charge is 0.336 e. The van der Waals surface area contributed by atoms with Gasteiger partial charge in [-0.05, 0) is 79.6 Å². The Morgan fingerprint density at radius 1 is 1.00 bits per heavy atom. The van der Waals surface area contributed by atoms with E-state index in [-0.39, 0.29) is 5.91 Å². The van der Waals surface area contributed by atoms with Crippen LogP contribution in [-0.2, 0) is 6.54 Å². The van der Waals surface area contributed by atoms with Gasteiger partial charge in [0, 0.05) is 34.7 Å². The molecule has 4 aromatic rings. The highest BCUT2D eigenvalue weighted by Gasteiger charge is 2.21. The number of nitrogens with one attached hydrogen (secondary N) is 1. The molecule has 5 rings (SSSR count). The number of carboxylic acids is 1. The van der Waals surface area contributed by atoms with Gasteiger partial charge in [-0.1, -0.05) is 42.5 Å². The molecule has 5 nitrogen and oxygen atoms in total. The van der Waals surface area contributed by atoms with Gasteiger partial charge in [0.1, 0.15) is 0 Å². The van der Waals surface area contributed by atoms with Crippen LogP contribution in [0.5, 0.6) is 0 Å². The van der Waals surface area contributed by atoms with Crippen LogP contribution in [0.25, 0.3) is 22.0 Å². The maximum absolute atomic E-state index is 12.6. The summed E-state index contributed by atoms with van der Waals surface area (Å²) in [5, 5.41) is 13.7. The molecule has 2 N–H and O–H groups in total. The lowest BCUT2D eigenvalue weighted by Crippen LogP contribution is -2.39. The first-order chi connectivity index (χ1) is 16.4. The number of hydrogen-bond donors (Lipinski definition) is 2. The van der Waals surface area contributed by atoms with Crippen LogP contribution in [0.2, 0.25) is 0 Å². The maximum Gasteiger partial charge on any atom is 0.336 e. The lowest BCUT2D eigenvalue weighted by molar-refractivity contribution is 0.0697. The number of aryl methyl sites for hydroxylation is 1. The molecule has 0 bridgehead atoms. The van der Waals surface area contributed by atoms with E-state index in [9.17, 15) is 14.7 Å². The van der Waals surface area contributed by atoms with Crippen molar-refractivity contribution in [1.29, 1.82) is 0 Å². The van der Waals surface area contributed by atoms with Gasteiger partial charge in [0.05, 0.1) is 5.56 Å². The van der Waals surface area contributed by atoms with Crippen LogP contribution in [0, 0.1) is 13.8 Å². The fourth-order valence-corrected chi connectivity index (χ4v) is 4.71. The standard InChI is InChI=1S/C29H28N2O3/c1-18-19(2)31(27-15-14-22(16-26(18)27)28(32)30-23-6-5-7-23)17-20-10-12-21(13-11-20)24-8-3-4-9-25(24)29(33)34/h3-4,8-16,23H,5-7,17H2,1-2H3,(H,30,32)(H,33,34). The van der Waals surface area contributed by atoms with Crippen LogP contribution in [0.3, 0.4) is 0 Å². The minimum absolute atomic E-state index is 0.00799. The summed E-state index contributed by atoms with van der Waals surface area (Å²) in [5.74, 6) is -0.918. The van der Waals surface area contributed by atoms with Crippen molar-refractivity contribution in [1.82, 2.24) is 9.88 Å². The topological polar surface area (TPSA) is 71.3 Å². The first-order valence-electron chi connectivity index (χ1n) is 11.7. The van der Waals surface area contributed by atoms with Crippen molar-refractivity contribution >= 4 is 22.8 Å². The third-order valence-electron chi connectivity index (χ3n) is 7.10. The second-order valence-corrected chi connectivity index (χ2v) is 9.18. The van der Waals surface area contributed by atoms with Gasteiger partial charge in [-0.25, -0.2) is 4.79 Å². The molecule has 0 unspecified atom stereocenters. The van der Waals surface area contributed by atoms with Crippen molar-refractivity contribution < 1.29 is 14.7 Å². The lowest BCUT2D eigenvalue weighted by Gasteiger charge is -2.26. The summed E-state index contributed by atoms with van der Waals surface area (Å²) in [6, 6.07) is 21.4. The van der Waals surface area contributed by atoms with E-state index in [1.54, 1.807) is 12.1 Å². The Balaban J connectivity index is 1.42. The predicted octanol–water partition coefficient (Wildman–Crippen LogP) is 5.95. The summed E-state index contributed by atoms with van der Waals surface area (Å²) in [4.78, 5) is 24.2. The van der Waals surface area contributed by atoms with E-state index in [2.05, 4.69) is 35.9 Å². The number of nitrogens with zero attached hydrogens (tertiary/aromatic N) is 1. The number of amides is 1. The van der Waals surface area contributed by atoms with Crippen molar-refractivity contribution in [3.8, 4) is 11.1 Å².